The van der Waals surface area contributed by atoms with Gasteiger partial charge in [-0.2, -0.15) is 0 Å². The number of hydrogen-bond acceptors (Lipinski definition) is 6. The molecule has 0 aromatic carbocycles. The number of aromatic nitrogens is 5. The lowest BCUT2D eigenvalue weighted by Crippen LogP contribution is -2.08. The van der Waals surface area contributed by atoms with Crippen molar-refractivity contribution in [1.82, 2.24) is 24.6 Å². The zero-order valence-electron chi connectivity index (χ0n) is 7.93. The first-order valence-electron chi connectivity index (χ1n) is 4.00. The lowest BCUT2D eigenvalue weighted by Gasteiger charge is -1.97. The Kier molecular flexibility index (Phi) is 2.61. The third-order valence-corrected chi connectivity index (χ3v) is 3.22. The highest BCUT2D eigenvalue weighted by atomic mass is 79.9. The van der Waals surface area contributed by atoms with Crippen LogP contribution >= 0.6 is 27.5 Å². The molecule has 2 aromatic heterocycles. The minimum absolute atomic E-state index is 0.165. The first-order valence-corrected chi connectivity index (χ1v) is 5.56. The molecule has 0 spiro atoms. The number of rotatable bonds is 2. The highest BCUT2D eigenvalue weighted by Crippen LogP contribution is 2.19. The highest BCUT2D eigenvalue weighted by Gasteiger charge is 2.22. The van der Waals surface area contributed by atoms with Gasteiger partial charge in [0.05, 0.1) is 5.69 Å². The molecule has 78 valence electrons. The molecule has 0 amide bonds. The van der Waals surface area contributed by atoms with E-state index in [-0.39, 0.29) is 5.78 Å². The third-order valence-electron chi connectivity index (χ3n) is 1.86. The fraction of sp³-hybridized carbons (Fsp3) is 0.286. The molecule has 0 unspecified atom stereocenters. The van der Waals surface area contributed by atoms with Crippen LogP contribution in [0.2, 0.25) is 0 Å². The zero-order chi connectivity index (χ0) is 11.0. The minimum atomic E-state index is -0.165. The fourth-order valence-corrected chi connectivity index (χ4v) is 2.22. The fourth-order valence-electron chi connectivity index (χ4n) is 1.12. The molecule has 0 bridgehead atoms. The first-order chi connectivity index (χ1) is 7.11. The maximum absolute atomic E-state index is 12.0. The first kappa shape index (κ1) is 10.4. The molecule has 0 saturated heterocycles. The van der Waals surface area contributed by atoms with Gasteiger partial charge in [0.25, 0.3) is 0 Å². The van der Waals surface area contributed by atoms with E-state index in [0.29, 0.717) is 20.9 Å². The summed E-state index contributed by atoms with van der Waals surface area (Å²) >= 11 is 4.25. The van der Waals surface area contributed by atoms with Gasteiger partial charge in [-0.15, -0.1) is 10.2 Å². The average molecular weight is 288 g/mol. The maximum atomic E-state index is 12.0. The summed E-state index contributed by atoms with van der Waals surface area (Å²) in [6.45, 7) is 1.74. The topological polar surface area (TPSA) is 73.6 Å². The maximum Gasteiger partial charge on any atom is 0.227 e. The van der Waals surface area contributed by atoms with Crippen LogP contribution in [0, 0.1) is 6.92 Å². The van der Waals surface area contributed by atoms with Crippen molar-refractivity contribution in [1.29, 1.82) is 0 Å². The molecule has 0 aliphatic rings. The number of nitrogens with zero attached hydrogens (tertiary/aromatic N) is 5. The van der Waals surface area contributed by atoms with Crippen LogP contribution in [0.15, 0.2) is 4.60 Å². The van der Waals surface area contributed by atoms with Gasteiger partial charge >= 0.3 is 0 Å². The van der Waals surface area contributed by atoms with Crippen molar-refractivity contribution in [3.05, 3.63) is 20.9 Å². The smallest absolute Gasteiger partial charge is 0.227 e. The summed E-state index contributed by atoms with van der Waals surface area (Å²) in [4.78, 5) is 12.5. The molecule has 0 saturated carbocycles. The molecule has 2 heterocycles. The van der Waals surface area contributed by atoms with Crippen molar-refractivity contribution in [2.45, 2.75) is 6.92 Å². The van der Waals surface area contributed by atoms with Crippen LogP contribution in [0.1, 0.15) is 21.1 Å². The van der Waals surface area contributed by atoms with E-state index in [4.69, 9.17) is 0 Å². The molecule has 15 heavy (non-hydrogen) atoms. The van der Waals surface area contributed by atoms with Crippen molar-refractivity contribution in [2.75, 3.05) is 0 Å². The van der Waals surface area contributed by atoms with E-state index < -0.39 is 0 Å². The van der Waals surface area contributed by atoms with Crippen LogP contribution in [-0.2, 0) is 7.05 Å². The van der Waals surface area contributed by atoms with Crippen LogP contribution in [0.25, 0.3) is 0 Å². The van der Waals surface area contributed by atoms with Crippen molar-refractivity contribution in [3.8, 4) is 0 Å². The molecular weight excluding hydrogens is 282 g/mol. The number of aryl methyl sites for hydroxylation is 2. The summed E-state index contributed by atoms with van der Waals surface area (Å²) in [7, 11) is 1.66. The second kappa shape index (κ2) is 3.78. The summed E-state index contributed by atoms with van der Waals surface area (Å²) in [6.07, 6.45) is 0. The number of ketones is 1. The molecule has 0 N–H and O–H groups in total. The van der Waals surface area contributed by atoms with E-state index in [1.807, 2.05) is 0 Å². The van der Waals surface area contributed by atoms with E-state index in [2.05, 4.69) is 35.8 Å². The molecule has 2 rings (SSSR count). The second-order valence-electron chi connectivity index (χ2n) is 2.87. The normalized spacial score (nSPS) is 10.6. The Bertz CT molecular complexity index is 500. The van der Waals surface area contributed by atoms with Gasteiger partial charge in [-0.1, -0.05) is 9.70 Å². The van der Waals surface area contributed by atoms with Crippen LogP contribution in [0.5, 0.6) is 0 Å². The van der Waals surface area contributed by atoms with Gasteiger partial charge in [-0.25, -0.2) is 4.68 Å². The molecule has 0 aliphatic carbocycles. The van der Waals surface area contributed by atoms with Crippen molar-refractivity contribution < 1.29 is 4.79 Å². The average Bonchev–Trinajstić information content (AvgIpc) is 2.73. The third kappa shape index (κ3) is 1.70. The Hall–Kier alpha value is -1.15. The molecule has 0 radical (unpaired) electrons. The van der Waals surface area contributed by atoms with Crippen LogP contribution < -0.4 is 0 Å². The van der Waals surface area contributed by atoms with Gasteiger partial charge in [0.2, 0.25) is 5.78 Å². The van der Waals surface area contributed by atoms with Crippen molar-refractivity contribution >= 4 is 33.2 Å². The predicted octanol–water partition coefficient (Wildman–Crippen LogP) is 0.969. The summed E-state index contributed by atoms with van der Waals surface area (Å²) in [5.74, 6) is -0.165. The largest absolute Gasteiger partial charge is 0.286 e. The molecule has 8 heteroatoms. The lowest BCUT2D eigenvalue weighted by molar-refractivity contribution is 0.103. The molecule has 0 fully saturated rings. The lowest BCUT2D eigenvalue weighted by atomic mass is 10.2. The molecule has 0 aliphatic heterocycles. The Balaban J connectivity index is 2.50. The number of carbonyl (C=O) groups excluding carboxylic acids is 1. The van der Waals surface area contributed by atoms with Gasteiger partial charge < -0.3 is 0 Å². The number of hydrogen-bond donors (Lipinski definition) is 0. The number of carbonyl (C=O) groups is 1. The standard InChI is InChI=1S/C7H6BrN5OS/c1-3-6(15-12-9-3)5(14)4-7(8)10-11-13(4)2/h1-2H3. The van der Waals surface area contributed by atoms with E-state index in [9.17, 15) is 4.79 Å². The Morgan fingerprint density at radius 2 is 2.20 bits per heavy atom. The highest BCUT2D eigenvalue weighted by molar-refractivity contribution is 9.10. The van der Waals surface area contributed by atoms with Gasteiger partial charge in [-0.05, 0) is 34.4 Å². The summed E-state index contributed by atoms with van der Waals surface area (Å²) in [5, 5.41) is 11.3. The van der Waals surface area contributed by atoms with Gasteiger partial charge in [-0.3, -0.25) is 4.79 Å². The summed E-state index contributed by atoms with van der Waals surface area (Å²) < 4.78 is 5.57. The second-order valence-corrected chi connectivity index (χ2v) is 4.37. The van der Waals surface area contributed by atoms with Crippen LogP contribution in [0.3, 0.4) is 0 Å². The Morgan fingerprint density at radius 3 is 2.67 bits per heavy atom. The monoisotopic (exact) mass is 287 g/mol. The molecule has 6 nitrogen and oxygen atoms in total. The number of halogens is 1. The van der Waals surface area contributed by atoms with Crippen LogP contribution in [0.4, 0.5) is 0 Å². The van der Waals surface area contributed by atoms with E-state index in [1.165, 1.54) is 4.68 Å². The zero-order valence-corrected chi connectivity index (χ0v) is 10.3. The minimum Gasteiger partial charge on any atom is -0.286 e. The van der Waals surface area contributed by atoms with Crippen molar-refractivity contribution in [3.63, 3.8) is 0 Å². The Labute approximate surface area is 97.6 Å². The quantitative estimate of drug-likeness (QED) is 0.770. The van der Waals surface area contributed by atoms with Crippen LogP contribution in [-0.4, -0.2) is 30.4 Å². The predicted molar refractivity (Wildman–Crippen MR) is 56.8 cm³/mol. The van der Waals surface area contributed by atoms with Gasteiger partial charge in [0, 0.05) is 7.05 Å². The van der Waals surface area contributed by atoms with E-state index in [1.54, 1.807) is 14.0 Å². The van der Waals surface area contributed by atoms with Gasteiger partial charge in [0.15, 0.2) is 4.60 Å². The summed E-state index contributed by atoms with van der Waals surface area (Å²) in [5.41, 5.74) is 1.03. The summed E-state index contributed by atoms with van der Waals surface area (Å²) in [6, 6.07) is 0. The molecule has 0 atom stereocenters. The van der Waals surface area contributed by atoms with Gasteiger partial charge in [0.1, 0.15) is 10.6 Å². The van der Waals surface area contributed by atoms with E-state index >= 15 is 0 Å². The SMILES string of the molecule is Cc1nnsc1C(=O)c1c(Br)nnn1C. The molecular formula is C7H6BrN5OS. The van der Waals surface area contributed by atoms with Crippen molar-refractivity contribution in [2.24, 2.45) is 7.05 Å². The molecule has 2 aromatic rings. The Morgan fingerprint density at radius 1 is 1.47 bits per heavy atom. The van der Waals surface area contributed by atoms with E-state index in [0.717, 1.165) is 11.5 Å².